The first-order valence-corrected chi connectivity index (χ1v) is 9.64. The van der Waals surface area contributed by atoms with E-state index in [1.807, 2.05) is 52.3 Å². The highest BCUT2D eigenvalue weighted by Gasteiger charge is 2.21. The second kappa shape index (κ2) is 7.66. The average molecular weight is 393 g/mol. The number of pyridine rings is 1. The number of nitrogens with zero attached hydrogens (tertiary/aromatic N) is 3. The van der Waals surface area contributed by atoms with Crippen LogP contribution in [0.1, 0.15) is 56.7 Å². The molecule has 0 fully saturated rings. The summed E-state index contributed by atoms with van der Waals surface area (Å²) < 4.78 is 1.84. The fraction of sp³-hybridized carbons (Fsp3) is 0.364. The molecule has 0 spiro atoms. The van der Waals surface area contributed by atoms with E-state index in [2.05, 4.69) is 20.7 Å². The Morgan fingerprint density at radius 2 is 1.62 bits per heavy atom. The van der Waals surface area contributed by atoms with Gasteiger partial charge in [0.2, 0.25) is 5.91 Å². The maximum absolute atomic E-state index is 12.8. The molecule has 7 nitrogen and oxygen atoms in total. The molecule has 0 atom stereocenters. The first kappa shape index (κ1) is 20.5. The van der Waals surface area contributed by atoms with E-state index in [9.17, 15) is 9.59 Å². The van der Waals surface area contributed by atoms with Crippen LogP contribution in [0.15, 0.2) is 36.5 Å². The monoisotopic (exact) mass is 393 g/mol. The van der Waals surface area contributed by atoms with Gasteiger partial charge in [-0.15, -0.1) is 0 Å². The standard InChI is InChI=1S/C22H27N5O2/c1-13(2)27-19-15(12-23-27)11-18(14(3)24-19)20(28)25-16-7-9-17(10-8-16)26-21(29)22(4,5)6/h7-13H,1-6H3,(H,25,28)(H,26,29). The zero-order valence-electron chi connectivity index (χ0n) is 17.7. The molecule has 3 rings (SSSR count). The molecule has 0 bridgehead atoms. The number of amides is 2. The maximum atomic E-state index is 12.8. The van der Waals surface area contributed by atoms with Crippen LogP contribution in [0.3, 0.4) is 0 Å². The van der Waals surface area contributed by atoms with Gasteiger partial charge in [-0.3, -0.25) is 9.59 Å². The van der Waals surface area contributed by atoms with Gasteiger partial charge in [0.15, 0.2) is 5.65 Å². The number of aryl methyl sites for hydroxylation is 1. The number of aromatic nitrogens is 3. The van der Waals surface area contributed by atoms with Crippen LogP contribution in [-0.4, -0.2) is 26.6 Å². The van der Waals surface area contributed by atoms with E-state index in [1.165, 1.54) is 0 Å². The summed E-state index contributed by atoms with van der Waals surface area (Å²) in [5.41, 5.74) is 2.77. The van der Waals surface area contributed by atoms with Crippen molar-refractivity contribution in [1.82, 2.24) is 14.8 Å². The Morgan fingerprint density at radius 1 is 1.03 bits per heavy atom. The third-order valence-corrected chi connectivity index (χ3v) is 4.58. The molecule has 7 heteroatoms. The van der Waals surface area contributed by atoms with Crippen molar-refractivity contribution in [3.8, 4) is 0 Å². The molecular weight excluding hydrogens is 366 g/mol. The van der Waals surface area contributed by atoms with Crippen molar-refractivity contribution in [3.05, 3.63) is 47.8 Å². The summed E-state index contributed by atoms with van der Waals surface area (Å²) in [4.78, 5) is 29.4. The van der Waals surface area contributed by atoms with Crippen LogP contribution in [0.2, 0.25) is 0 Å². The number of rotatable bonds is 4. The number of benzene rings is 1. The third kappa shape index (κ3) is 4.45. The number of fused-ring (bicyclic) bond motifs is 1. The molecular formula is C22H27N5O2. The average Bonchev–Trinajstić information content (AvgIpc) is 3.04. The molecule has 2 amide bonds. The molecule has 0 unspecified atom stereocenters. The molecule has 0 aliphatic heterocycles. The molecule has 1 aromatic carbocycles. The summed E-state index contributed by atoms with van der Waals surface area (Å²) in [6.07, 6.45) is 1.73. The molecule has 0 aliphatic carbocycles. The van der Waals surface area contributed by atoms with Gasteiger partial charge in [0.1, 0.15) is 0 Å². The third-order valence-electron chi connectivity index (χ3n) is 4.58. The Labute approximate surface area is 170 Å². The lowest BCUT2D eigenvalue weighted by Gasteiger charge is -2.17. The van der Waals surface area contributed by atoms with Crippen LogP contribution in [-0.2, 0) is 4.79 Å². The van der Waals surface area contributed by atoms with E-state index in [0.29, 0.717) is 22.6 Å². The predicted molar refractivity (Wildman–Crippen MR) is 115 cm³/mol. The Morgan fingerprint density at radius 3 is 2.17 bits per heavy atom. The molecule has 2 N–H and O–H groups in total. The highest BCUT2D eigenvalue weighted by atomic mass is 16.2. The Bertz CT molecular complexity index is 1060. The normalized spacial score (nSPS) is 11.7. The lowest BCUT2D eigenvalue weighted by Crippen LogP contribution is -2.27. The molecule has 0 radical (unpaired) electrons. The maximum Gasteiger partial charge on any atom is 0.257 e. The van der Waals surface area contributed by atoms with Gasteiger partial charge >= 0.3 is 0 Å². The minimum absolute atomic E-state index is 0.0637. The molecule has 152 valence electrons. The first-order valence-electron chi connectivity index (χ1n) is 9.64. The summed E-state index contributed by atoms with van der Waals surface area (Å²) in [6.45, 7) is 11.5. The predicted octanol–water partition coefficient (Wildman–Crippen LogP) is 4.56. The van der Waals surface area contributed by atoms with E-state index in [4.69, 9.17) is 0 Å². The fourth-order valence-corrected chi connectivity index (χ4v) is 2.83. The molecule has 0 saturated carbocycles. The number of nitrogens with one attached hydrogen (secondary N) is 2. The molecule has 0 aliphatic rings. The summed E-state index contributed by atoms with van der Waals surface area (Å²) in [5, 5.41) is 10.9. The van der Waals surface area contributed by atoms with Crippen molar-refractivity contribution in [2.24, 2.45) is 5.41 Å². The molecule has 0 saturated heterocycles. The topological polar surface area (TPSA) is 88.9 Å². The zero-order chi connectivity index (χ0) is 21.3. The number of carbonyl (C=O) groups is 2. The van der Waals surface area contributed by atoms with Gasteiger partial charge in [0.05, 0.1) is 17.5 Å². The summed E-state index contributed by atoms with van der Waals surface area (Å²) in [6, 6.07) is 9.05. The number of anilines is 2. The lowest BCUT2D eigenvalue weighted by atomic mass is 9.95. The van der Waals surface area contributed by atoms with E-state index < -0.39 is 5.41 Å². The second-order valence-corrected chi connectivity index (χ2v) is 8.45. The van der Waals surface area contributed by atoms with Gasteiger partial charge in [0, 0.05) is 28.2 Å². The van der Waals surface area contributed by atoms with Gasteiger partial charge < -0.3 is 10.6 Å². The highest BCUT2D eigenvalue weighted by molar-refractivity contribution is 6.06. The van der Waals surface area contributed by atoms with Crippen molar-refractivity contribution in [2.45, 2.75) is 47.6 Å². The zero-order valence-corrected chi connectivity index (χ0v) is 17.7. The van der Waals surface area contributed by atoms with Crippen LogP contribution in [0.25, 0.3) is 11.0 Å². The molecule has 29 heavy (non-hydrogen) atoms. The van der Waals surface area contributed by atoms with E-state index in [0.717, 1.165) is 11.0 Å². The summed E-state index contributed by atoms with van der Waals surface area (Å²) >= 11 is 0. The highest BCUT2D eigenvalue weighted by Crippen LogP contribution is 2.22. The van der Waals surface area contributed by atoms with Crippen LogP contribution >= 0.6 is 0 Å². The van der Waals surface area contributed by atoms with Crippen LogP contribution in [0.4, 0.5) is 11.4 Å². The first-order chi connectivity index (χ1) is 13.6. The quantitative estimate of drug-likeness (QED) is 0.680. The van der Waals surface area contributed by atoms with Crippen molar-refractivity contribution < 1.29 is 9.59 Å². The van der Waals surface area contributed by atoms with Crippen molar-refractivity contribution >= 4 is 34.2 Å². The Balaban J connectivity index is 1.76. The molecule has 3 aromatic rings. The lowest BCUT2D eigenvalue weighted by molar-refractivity contribution is -0.123. The van der Waals surface area contributed by atoms with Gasteiger partial charge in [-0.1, -0.05) is 20.8 Å². The van der Waals surface area contributed by atoms with Gasteiger partial charge in [-0.2, -0.15) is 5.10 Å². The molecule has 2 aromatic heterocycles. The van der Waals surface area contributed by atoms with Gasteiger partial charge in [-0.25, -0.2) is 9.67 Å². The van der Waals surface area contributed by atoms with Gasteiger partial charge in [0.25, 0.3) is 5.91 Å². The summed E-state index contributed by atoms with van der Waals surface area (Å²) in [7, 11) is 0. The fourth-order valence-electron chi connectivity index (χ4n) is 2.83. The van der Waals surface area contributed by atoms with Gasteiger partial charge in [-0.05, 0) is 51.1 Å². The van der Waals surface area contributed by atoms with E-state index in [1.54, 1.807) is 30.5 Å². The minimum Gasteiger partial charge on any atom is -0.326 e. The van der Waals surface area contributed by atoms with Crippen molar-refractivity contribution in [1.29, 1.82) is 0 Å². The SMILES string of the molecule is Cc1nc2c(cnn2C(C)C)cc1C(=O)Nc1ccc(NC(=O)C(C)(C)C)cc1. The van der Waals surface area contributed by atoms with Crippen molar-refractivity contribution in [3.63, 3.8) is 0 Å². The number of hydrogen-bond donors (Lipinski definition) is 2. The van der Waals surface area contributed by atoms with Crippen LogP contribution in [0.5, 0.6) is 0 Å². The van der Waals surface area contributed by atoms with Crippen LogP contribution in [0, 0.1) is 12.3 Å². The minimum atomic E-state index is -0.473. The molecule has 2 heterocycles. The van der Waals surface area contributed by atoms with E-state index >= 15 is 0 Å². The number of carbonyl (C=O) groups excluding carboxylic acids is 2. The number of hydrogen-bond acceptors (Lipinski definition) is 4. The van der Waals surface area contributed by atoms with Crippen molar-refractivity contribution in [2.75, 3.05) is 10.6 Å². The Kier molecular flexibility index (Phi) is 5.42. The van der Waals surface area contributed by atoms with Crippen LogP contribution < -0.4 is 10.6 Å². The smallest absolute Gasteiger partial charge is 0.257 e. The van der Waals surface area contributed by atoms with E-state index in [-0.39, 0.29) is 17.9 Å². The largest absolute Gasteiger partial charge is 0.326 e. The Hall–Kier alpha value is -3.22. The summed E-state index contributed by atoms with van der Waals surface area (Å²) in [5.74, 6) is -0.299. The second-order valence-electron chi connectivity index (χ2n) is 8.45.